The molecule has 6 heteroatoms. The maximum absolute atomic E-state index is 12.8. The van der Waals surface area contributed by atoms with Gasteiger partial charge in [0.2, 0.25) is 5.95 Å². The quantitative estimate of drug-likeness (QED) is 0.711. The second-order valence-electron chi connectivity index (χ2n) is 10.8. The van der Waals surface area contributed by atoms with Crippen LogP contribution in [0.5, 0.6) is 0 Å². The van der Waals surface area contributed by atoms with Gasteiger partial charge in [0.25, 0.3) is 0 Å². The number of hydrogen-bond acceptors (Lipinski definition) is 5. The molecule has 4 aliphatic rings. The summed E-state index contributed by atoms with van der Waals surface area (Å²) >= 11 is 0. The molecule has 1 N–H and O–H groups in total. The van der Waals surface area contributed by atoms with E-state index in [0.29, 0.717) is 12.5 Å². The van der Waals surface area contributed by atoms with E-state index in [1.54, 1.807) is 0 Å². The molecule has 0 bridgehead atoms. The fourth-order valence-electron chi connectivity index (χ4n) is 7.06. The number of anilines is 1. The van der Waals surface area contributed by atoms with Crippen molar-refractivity contribution in [2.45, 2.75) is 108 Å². The van der Waals surface area contributed by atoms with Crippen molar-refractivity contribution in [1.82, 2.24) is 19.4 Å². The molecule has 6 nitrogen and oxygen atoms in total. The molecule has 2 aliphatic heterocycles. The van der Waals surface area contributed by atoms with Gasteiger partial charge in [-0.3, -0.25) is 4.79 Å². The molecule has 0 radical (unpaired) electrons. The lowest BCUT2D eigenvalue weighted by Gasteiger charge is -2.42. The van der Waals surface area contributed by atoms with Crippen molar-refractivity contribution >= 4 is 22.8 Å². The van der Waals surface area contributed by atoms with E-state index in [-0.39, 0.29) is 11.3 Å². The topological polar surface area (TPSA) is 63.1 Å². The minimum atomic E-state index is 0.0847. The fraction of sp³-hybridized carbons (Fsp3) is 0.731. The van der Waals surface area contributed by atoms with Crippen LogP contribution < -0.4 is 5.32 Å². The zero-order valence-corrected chi connectivity index (χ0v) is 19.3. The SMILES string of the molecule is O=C1CCC2(CCCCC2)n2c1cc1cnc(NC3CCC(N4CCCCC4)CC3)nc12. The second kappa shape index (κ2) is 8.44. The number of carbonyl (C=O) groups excluding carboxylic acids is 1. The molecular formula is C26H37N5O. The normalized spacial score (nSPS) is 28.7. The summed E-state index contributed by atoms with van der Waals surface area (Å²) in [5, 5.41) is 4.67. The number of piperidine rings is 1. The van der Waals surface area contributed by atoms with Crippen molar-refractivity contribution in [2.75, 3.05) is 18.4 Å². The molecule has 1 spiro atoms. The van der Waals surface area contributed by atoms with Crippen LogP contribution in [0.25, 0.3) is 11.0 Å². The van der Waals surface area contributed by atoms with Crippen LogP contribution in [0.15, 0.2) is 12.3 Å². The van der Waals surface area contributed by atoms with Gasteiger partial charge in [-0.05, 0) is 76.9 Å². The number of fused-ring (bicyclic) bond motifs is 4. The Kier molecular flexibility index (Phi) is 5.44. The first-order valence-corrected chi connectivity index (χ1v) is 13.1. The first-order valence-electron chi connectivity index (χ1n) is 13.1. The van der Waals surface area contributed by atoms with Gasteiger partial charge >= 0.3 is 0 Å². The van der Waals surface area contributed by atoms with Crippen LogP contribution in [-0.2, 0) is 5.54 Å². The Morgan fingerprint density at radius 3 is 2.47 bits per heavy atom. The van der Waals surface area contributed by atoms with E-state index in [1.807, 2.05) is 12.3 Å². The summed E-state index contributed by atoms with van der Waals surface area (Å²) in [6.07, 6.45) is 18.8. The van der Waals surface area contributed by atoms with Crippen LogP contribution in [0.3, 0.4) is 0 Å². The van der Waals surface area contributed by atoms with Gasteiger partial charge in [0.15, 0.2) is 5.78 Å². The molecule has 32 heavy (non-hydrogen) atoms. The van der Waals surface area contributed by atoms with Crippen LogP contribution in [0.1, 0.15) is 100 Å². The maximum atomic E-state index is 12.8. The third-order valence-corrected chi connectivity index (χ3v) is 8.84. The van der Waals surface area contributed by atoms with Crippen LogP contribution >= 0.6 is 0 Å². The monoisotopic (exact) mass is 435 g/mol. The summed E-state index contributed by atoms with van der Waals surface area (Å²) in [5.74, 6) is 1.01. The number of nitrogens with one attached hydrogen (secondary N) is 1. The summed E-state index contributed by atoms with van der Waals surface area (Å²) in [6.45, 7) is 2.59. The van der Waals surface area contributed by atoms with Crippen molar-refractivity contribution in [1.29, 1.82) is 0 Å². The minimum Gasteiger partial charge on any atom is -0.351 e. The fourth-order valence-corrected chi connectivity index (χ4v) is 7.06. The van der Waals surface area contributed by atoms with E-state index in [9.17, 15) is 4.79 Å². The molecule has 172 valence electrons. The maximum Gasteiger partial charge on any atom is 0.224 e. The summed E-state index contributed by atoms with van der Waals surface area (Å²) in [6, 6.07) is 3.27. The third kappa shape index (κ3) is 3.64. The standard InChI is InChI=1S/C26H37N5O/c32-23-11-14-26(12-3-1-4-13-26)31-22(23)17-19-18-27-25(29-24(19)31)28-20-7-9-21(10-8-20)30-15-5-2-6-16-30/h17-18,20-21H,1-16H2,(H,27,28,29). The Morgan fingerprint density at radius 1 is 0.938 bits per heavy atom. The molecule has 2 aromatic rings. The molecule has 0 unspecified atom stereocenters. The number of carbonyl (C=O) groups is 1. The summed E-state index contributed by atoms with van der Waals surface area (Å²) in [5.41, 5.74) is 1.91. The molecule has 4 heterocycles. The Morgan fingerprint density at radius 2 is 1.69 bits per heavy atom. The molecule has 0 atom stereocenters. The molecule has 2 saturated carbocycles. The van der Waals surface area contributed by atoms with E-state index in [1.165, 1.54) is 90.1 Å². The highest BCUT2D eigenvalue weighted by molar-refractivity contribution is 6.00. The Labute approximate surface area is 191 Å². The predicted molar refractivity (Wildman–Crippen MR) is 127 cm³/mol. The van der Waals surface area contributed by atoms with Gasteiger partial charge in [0.05, 0.1) is 5.69 Å². The van der Waals surface area contributed by atoms with Gasteiger partial charge in [0.1, 0.15) is 5.65 Å². The number of nitrogens with zero attached hydrogens (tertiary/aromatic N) is 4. The van der Waals surface area contributed by atoms with Crippen molar-refractivity contribution in [2.24, 2.45) is 0 Å². The Balaban J connectivity index is 1.22. The zero-order valence-electron chi connectivity index (χ0n) is 19.3. The second-order valence-corrected chi connectivity index (χ2v) is 10.8. The van der Waals surface area contributed by atoms with Crippen LogP contribution in [-0.4, -0.2) is 50.4 Å². The average Bonchev–Trinajstić information content (AvgIpc) is 3.24. The van der Waals surface area contributed by atoms with Crippen LogP contribution in [0, 0.1) is 0 Å². The predicted octanol–water partition coefficient (Wildman–Crippen LogP) is 5.28. The van der Waals surface area contributed by atoms with E-state index in [4.69, 9.17) is 4.98 Å². The van der Waals surface area contributed by atoms with Gasteiger partial charge < -0.3 is 14.8 Å². The first-order chi connectivity index (χ1) is 15.7. The van der Waals surface area contributed by atoms with Crippen LogP contribution in [0.2, 0.25) is 0 Å². The number of ketones is 1. The molecule has 2 aromatic heterocycles. The molecule has 0 aromatic carbocycles. The number of likely N-dealkylation sites (tertiary alicyclic amines) is 1. The molecule has 2 aliphatic carbocycles. The molecule has 1 saturated heterocycles. The molecule has 0 amide bonds. The summed E-state index contributed by atoms with van der Waals surface area (Å²) in [4.78, 5) is 25.2. The van der Waals surface area contributed by atoms with Crippen LogP contribution in [0.4, 0.5) is 5.95 Å². The lowest BCUT2D eigenvalue weighted by atomic mass is 9.75. The van der Waals surface area contributed by atoms with Gasteiger partial charge in [-0.2, -0.15) is 4.98 Å². The number of Topliss-reactive ketones (excluding diaryl/α,β-unsaturated/α-hetero) is 1. The molecular weight excluding hydrogens is 398 g/mol. The van der Waals surface area contributed by atoms with E-state index >= 15 is 0 Å². The Hall–Kier alpha value is -1.95. The van der Waals surface area contributed by atoms with Gasteiger partial charge in [-0.1, -0.05) is 25.7 Å². The number of hydrogen-bond donors (Lipinski definition) is 1. The van der Waals surface area contributed by atoms with Crippen molar-refractivity contribution in [3.63, 3.8) is 0 Å². The largest absolute Gasteiger partial charge is 0.351 e. The summed E-state index contributed by atoms with van der Waals surface area (Å²) < 4.78 is 2.33. The lowest BCUT2D eigenvalue weighted by Crippen LogP contribution is -2.43. The molecule has 6 rings (SSSR count). The van der Waals surface area contributed by atoms with Crippen molar-refractivity contribution in [3.8, 4) is 0 Å². The number of aromatic nitrogens is 3. The highest BCUT2D eigenvalue weighted by Gasteiger charge is 2.41. The van der Waals surface area contributed by atoms with E-state index < -0.39 is 0 Å². The van der Waals surface area contributed by atoms with E-state index in [0.717, 1.165) is 35.1 Å². The minimum absolute atomic E-state index is 0.0847. The van der Waals surface area contributed by atoms with Crippen molar-refractivity contribution in [3.05, 3.63) is 18.0 Å². The third-order valence-electron chi connectivity index (χ3n) is 8.84. The first kappa shape index (κ1) is 20.6. The van der Waals surface area contributed by atoms with Gasteiger partial charge in [-0.15, -0.1) is 0 Å². The lowest BCUT2D eigenvalue weighted by molar-refractivity contribution is 0.0852. The number of rotatable bonds is 3. The smallest absolute Gasteiger partial charge is 0.224 e. The van der Waals surface area contributed by atoms with Gasteiger partial charge in [-0.25, -0.2) is 4.98 Å². The van der Waals surface area contributed by atoms with Crippen molar-refractivity contribution < 1.29 is 4.79 Å². The summed E-state index contributed by atoms with van der Waals surface area (Å²) in [7, 11) is 0. The van der Waals surface area contributed by atoms with E-state index in [2.05, 4.69) is 19.8 Å². The zero-order chi connectivity index (χ0) is 21.5. The highest BCUT2D eigenvalue weighted by atomic mass is 16.1. The molecule has 3 fully saturated rings. The average molecular weight is 436 g/mol. The highest BCUT2D eigenvalue weighted by Crippen LogP contribution is 2.45. The Bertz CT molecular complexity index is 978. The van der Waals surface area contributed by atoms with Gasteiger partial charge in [0, 0.05) is 35.6 Å².